The zero-order valence-corrected chi connectivity index (χ0v) is 14.4. The number of hydrogen-bond acceptors (Lipinski definition) is 3. The molecule has 0 aliphatic carbocycles. The summed E-state index contributed by atoms with van der Waals surface area (Å²) in [6.45, 7) is 1.89. The Hall–Kier alpha value is -3.12. The fourth-order valence-corrected chi connectivity index (χ4v) is 2.53. The molecule has 0 amide bonds. The second-order valence-electron chi connectivity index (χ2n) is 5.44. The first-order chi connectivity index (χ1) is 11.6. The molecule has 6 heteroatoms. The van der Waals surface area contributed by atoms with Crippen LogP contribution < -0.4 is 10.3 Å². The van der Waals surface area contributed by atoms with Crippen molar-refractivity contribution in [3.63, 3.8) is 0 Å². The molecule has 6 nitrogen and oxygen atoms in total. The Kier molecular flexibility index (Phi) is 5.56. The maximum absolute atomic E-state index is 12.7. The summed E-state index contributed by atoms with van der Waals surface area (Å²) in [5.74, 6) is 0.787. The van der Waals surface area contributed by atoms with Crippen molar-refractivity contribution >= 4 is 11.9 Å². The van der Waals surface area contributed by atoms with E-state index in [1.54, 1.807) is 18.0 Å². The molecule has 0 aliphatic rings. The number of hydrogen-bond donors (Lipinski definition) is 0. The Morgan fingerprint density at radius 1 is 1.04 bits per heavy atom. The topological polar surface area (TPSA) is 80.0 Å². The van der Waals surface area contributed by atoms with Gasteiger partial charge < -0.3 is 10.2 Å². The van der Waals surface area contributed by atoms with Crippen molar-refractivity contribution in [2.45, 2.75) is 6.92 Å². The van der Waals surface area contributed by atoms with Crippen LogP contribution >= 0.6 is 0 Å². The Labute approximate surface area is 145 Å². The lowest BCUT2D eigenvalue weighted by Gasteiger charge is -2.07. The molecule has 2 N–H and O–H groups in total. The van der Waals surface area contributed by atoms with E-state index in [1.165, 1.54) is 0 Å². The van der Waals surface area contributed by atoms with Gasteiger partial charge in [-0.25, -0.2) is 9.67 Å². The van der Waals surface area contributed by atoms with Crippen LogP contribution in [0.5, 0.6) is 5.75 Å². The average Bonchev–Trinajstić information content (AvgIpc) is 2.83. The van der Waals surface area contributed by atoms with E-state index in [0.29, 0.717) is 5.69 Å². The summed E-state index contributed by atoms with van der Waals surface area (Å²) in [5, 5.41) is 0. The van der Waals surface area contributed by atoms with E-state index >= 15 is 0 Å². The highest BCUT2D eigenvalue weighted by molar-refractivity contribution is 5.82. The highest BCUT2D eigenvalue weighted by Crippen LogP contribution is 2.17. The standard InChI is InChI=1S/C19H19N3O2.H2O/c1-14-18(20-13-15-9-11-17(24-3)12-10-15)19(23)22(21(14)2)16-7-5-4-6-8-16;/h4-13H,1-3H3;1H2. The van der Waals surface area contributed by atoms with Gasteiger partial charge in [0.25, 0.3) is 5.56 Å². The van der Waals surface area contributed by atoms with Crippen molar-refractivity contribution in [2.24, 2.45) is 12.0 Å². The number of aromatic nitrogens is 2. The van der Waals surface area contributed by atoms with E-state index in [2.05, 4.69) is 4.99 Å². The molecular formula is C19H21N3O3. The maximum Gasteiger partial charge on any atom is 0.297 e. The molecule has 0 saturated heterocycles. The first kappa shape index (κ1) is 18.2. The Balaban J connectivity index is 0.00000225. The Morgan fingerprint density at radius 2 is 1.68 bits per heavy atom. The molecule has 1 aromatic heterocycles. The van der Waals surface area contributed by atoms with Gasteiger partial charge in [0.15, 0.2) is 5.69 Å². The Morgan fingerprint density at radius 3 is 2.28 bits per heavy atom. The highest BCUT2D eigenvalue weighted by atomic mass is 16.5. The second kappa shape index (κ2) is 7.63. The van der Waals surface area contributed by atoms with Crippen LogP contribution in [0.25, 0.3) is 5.69 Å². The van der Waals surface area contributed by atoms with Gasteiger partial charge in [-0.05, 0) is 48.9 Å². The van der Waals surface area contributed by atoms with Crippen LogP contribution in [-0.2, 0) is 7.05 Å². The smallest absolute Gasteiger partial charge is 0.297 e. The zero-order chi connectivity index (χ0) is 17.1. The summed E-state index contributed by atoms with van der Waals surface area (Å²) in [7, 11) is 3.48. The van der Waals surface area contributed by atoms with Crippen molar-refractivity contribution in [2.75, 3.05) is 7.11 Å². The molecule has 0 saturated carbocycles. The third-order valence-electron chi connectivity index (χ3n) is 3.98. The van der Waals surface area contributed by atoms with Crippen LogP contribution in [0.2, 0.25) is 0 Å². The van der Waals surface area contributed by atoms with Gasteiger partial charge in [0.2, 0.25) is 0 Å². The molecule has 3 aromatic rings. The zero-order valence-electron chi connectivity index (χ0n) is 14.4. The van der Waals surface area contributed by atoms with Crippen molar-refractivity contribution in [3.8, 4) is 11.4 Å². The SMILES string of the molecule is COc1ccc(C=Nc2c(C)n(C)n(-c3ccccc3)c2=O)cc1.O. The molecule has 2 aromatic carbocycles. The van der Waals surface area contributed by atoms with Gasteiger partial charge in [0.05, 0.1) is 18.5 Å². The van der Waals surface area contributed by atoms with E-state index in [4.69, 9.17) is 4.74 Å². The van der Waals surface area contributed by atoms with Gasteiger partial charge in [-0.3, -0.25) is 9.48 Å². The molecule has 25 heavy (non-hydrogen) atoms. The van der Waals surface area contributed by atoms with Crippen molar-refractivity contribution in [3.05, 3.63) is 76.2 Å². The normalized spacial score (nSPS) is 10.7. The quantitative estimate of drug-likeness (QED) is 0.684. The lowest BCUT2D eigenvalue weighted by atomic mass is 10.2. The molecule has 0 atom stereocenters. The van der Waals surface area contributed by atoms with E-state index < -0.39 is 0 Å². The van der Waals surface area contributed by atoms with Crippen LogP contribution in [0.4, 0.5) is 5.69 Å². The number of methoxy groups -OCH3 is 1. The van der Waals surface area contributed by atoms with Crippen molar-refractivity contribution in [1.82, 2.24) is 9.36 Å². The van der Waals surface area contributed by atoms with E-state index in [9.17, 15) is 4.79 Å². The highest BCUT2D eigenvalue weighted by Gasteiger charge is 2.14. The van der Waals surface area contributed by atoms with Gasteiger partial charge in [0.1, 0.15) is 5.75 Å². The molecule has 3 rings (SSSR count). The fraction of sp³-hybridized carbons (Fsp3) is 0.158. The average molecular weight is 339 g/mol. The maximum atomic E-state index is 12.7. The van der Waals surface area contributed by atoms with Crippen molar-refractivity contribution in [1.29, 1.82) is 0 Å². The minimum atomic E-state index is -0.133. The minimum Gasteiger partial charge on any atom is -0.497 e. The van der Waals surface area contributed by atoms with Crippen LogP contribution in [0.15, 0.2) is 64.4 Å². The van der Waals surface area contributed by atoms with Crippen LogP contribution in [0, 0.1) is 6.92 Å². The predicted molar refractivity (Wildman–Crippen MR) is 99.6 cm³/mol. The predicted octanol–water partition coefficient (Wildman–Crippen LogP) is 2.42. The summed E-state index contributed by atoms with van der Waals surface area (Å²) < 4.78 is 8.58. The molecule has 1 heterocycles. The van der Waals surface area contributed by atoms with Gasteiger partial charge in [-0.1, -0.05) is 18.2 Å². The molecule has 0 spiro atoms. The number of benzene rings is 2. The molecule has 0 bridgehead atoms. The number of ether oxygens (including phenoxy) is 1. The third-order valence-corrected chi connectivity index (χ3v) is 3.98. The first-order valence-corrected chi connectivity index (χ1v) is 7.64. The summed E-state index contributed by atoms with van der Waals surface area (Å²) in [6.07, 6.45) is 1.69. The molecule has 0 aliphatic heterocycles. The van der Waals surface area contributed by atoms with E-state index in [0.717, 1.165) is 22.7 Å². The summed E-state index contributed by atoms with van der Waals surface area (Å²) in [5.41, 5.74) is 2.85. The van der Waals surface area contributed by atoms with Crippen LogP contribution in [-0.4, -0.2) is 28.2 Å². The monoisotopic (exact) mass is 339 g/mol. The summed E-state index contributed by atoms with van der Waals surface area (Å²) in [6, 6.07) is 17.1. The largest absolute Gasteiger partial charge is 0.497 e. The summed E-state index contributed by atoms with van der Waals surface area (Å²) in [4.78, 5) is 17.2. The fourth-order valence-electron chi connectivity index (χ4n) is 2.53. The second-order valence-corrected chi connectivity index (χ2v) is 5.44. The number of para-hydroxylation sites is 1. The third kappa shape index (κ3) is 3.54. The lowest BCUT2D eigenvalue weighted by Crippen LogP contribution is -2.19. The van der Waals surface area contributed by atoms with Crippen LogP contribution in [0.1, 0.15) is 11.3 Å². The molecule has 130 valence electrons. The van der Waals surface area contributed by atoms with E-state index in [1.807, 2.05) is 73.3 Å². The lowest BCUT2D eigenvalue weighted by molar-refractivity contribution is 0.415. The summed E-state index contributed by atoms with van der Waals surface area (Å²) >= 11 is 0. The van der Waals surface area contributed by atoms with Crippen LogP contribution in [0.3, 0.4) is 0 Å². The number of nitrogens with zero attached hydrogens (tertiary/aromatic N) is 3. The van der Waals surface area contributed by atoms with Crippen molar-refractivity contribution < 1.29 is 10.2 Å². The van der Waals surface area contributed by atoms with Gasteiger partial charge in [0, 0.05) is 13.3 Å². The molecule has 0 unspecified atom stereocenters. The minimum absolute atomic E-state index is 0. The van der Waals surface area contributed by atoms with Gasteiger partial charge in [-0.15, -0.1) is 0 Å². The number of rotatable bonds is 4. The number of aliphatic imine (C=N–C) groups is 1. The van der Waals surface area contributed by atoms with Gasteiger partial charge >= 0.3 is 0 Å². The molecule has 0 fully saturated rings. The Bertz CT molecular complexity index is 923. The van der Waals surface area contributed by atoms with E-state index in [-0.39, 0.29) is 11.0 Å². The van der Waals surface area contributed by atoms with Gasteiger partial charge in [-0.2, -0.15) is 0 Å². The molecule has 0 radical (unpaired) electrons. The molecular weight excluding hydrogens is 318 g/mol. The first-order valence-electron chi connectivity index (χ1n) is 7.64.